The van der Waals surface area contributed by atoms with Crippen LogP contribution in [0.2, 0.25) is 0 Å². The molecule has 6 nitrogen and oxygen atoms in total. The van der Waals surface area contributed by atoms with Gasteiger partial charge in [0.05, 0.1) is 11.4 Å². The van der Waals surface area contributed by atoms with Crippen LogP contribution < -0.4 is 5.32 Å². The van der Waals surface area contributed by atoms with Gasteiger partial charge in [0.25, 0.3) is 5.91 Å². The number of ether oxygens (including phenoxy) is 1. The number of hydrogen-bond donors (Lipinski definition) is 1. The van der Waals surface area contributed by atoms with Crippen molar-refractivity contribution in [2.75, 3.05) is 11.9 Å². The van der Waals surface area contributed by atoms with E-state index in [-0.39, 0.29) is 13.0 Å². The van der Waals surface area contributed by atoms with E-state index < -0.39 is 11.9 Å². The summed E-state index contributed by atoms with van der Waals surface area (Å²) < 4.78 is 6.43. The zero-order valence-electron chi connectivity index (χ0n) is 12.0. The second-order valence-electron chi connectivity index (χ2n) is 4.48. The molecular weight excluding hydrogens is 270 g/mol. The summed E-state index contributed by atoms with van der Waals surface area (Å²) in [5.41, 5.74) is 1.62. The third-order valence-electron chi connectivity index (χ3n) is 2.75. The van der Waals surface area contributed by atoms with Crippen LogP contribution in [-0.4, -0.2) is 28.3 Å². The summed E-state index contributed by atoms with van der Waals surface area (Å²) in [6, 6.07) is 11.2. The Balaban J connectivity index is 2.10. The molecular formula is C15H17N3O3. The zero-order chi connectivity index (χ0) is 15.2. The summed E-state index contributed by atoms with van der Waals surface area (Å²) in [4.78, 5) is 22.8. The van der Waals surface area contributed by atoms with Crippen LogP contribution in [0.15, 0.2) is 36.4 Å². The second-order valence-corrected chi connectivity index (χ2v) is 4.48. The van der Waals surface area contributed by atoms with E-state index >= 15 is 0 Å². The molecule has 110 valence electrons. The minimum absolute atomic E-state index is 0.244. The van der Waals surface area contributed by atoms with Crippen molar-refractivity contribution in [3.05, 3.63) is 42.1 Å². The Kier molecular flexibility index (Phi) is 4.71. The highest BCUT2D eigenvalue weighted by molar-refractivity contribution is 5.92. The highest BCUT2D eigenvalue weighted by Crippen LogP contribution is 2.16. The normalized spacial score (nSPS) is 10.2. The van der Waals surface area contributed by atoms with Crippen LogP contribution in [0.5, 0.6) is 0 Å². The topological polar surface area (TPSA) is 73.2 Å². The fraction of sp³-hybridized carbons (Fsp3) is 0.267. The van der Waals surface area contributed by atoms with Gasteiger partial charge in [-0.15, -0.1) is 0 Å². The third kappa shape index (κ3) is 3.92. The van der Waals surface area contributed by atoms with E-state index in [1.54, 1.807) is 17.7 Å². The van der Waals surface area contributed by atoms with E-state index in [0.717, 1.165) is 11.4 Å². The molecule has 0 saturated heterocycles. The number of amides is 1. The molecule has 0 spiro atoms. The molecule has 0 radical (unpaired) electrons. The largest absolute Gasteiger partial charge is 0.456 e. The average molecular weight is 287 g/mol. The maximum Gasteiger partial charge on any atom is 0.306 e. The molecule has 0 aliphatic carbocycles. The Morgan fingerprint density at radius 3 is 2.67 bits per heavy atom. The highest BCUT2D eigenvalue weighted by atomic mass is 16.5. The monoisotopic (exact) mass is 287 g/mol. The van der Waals surface area contributed by atoms with Crippen LogP contribution >= 0.6 is 0 Å². The van der Waals surface area contributed by atoms with Gasteiger partial charge in [0, 0.05) is 12.5 Å². The van der Waals surface area contributed by atoms with E-state index in [4.69, 9.17) is 4.74 Å². The second kappa shape index (κ2) is 6.69. The lowest BCUT2D eigenvalue weighted by molar-refractivity contribution is -0.146. The number of hydrogen-bond acceptors (Lipinski definition) is 4. The molecule has 2 aromatic rings. The quantitative estimate of drug-likeness (QED) is 0.854. The van der Waals surface area contributed by atoms with Crippen LogP contribution in [-0.2, 0) is 14.3 Å². The lowest BCUT2D eigenvalue weighted by Gasteiger charge is -2.09. The summed E-state index contributed by atoms with van der Waals surface area (Å²) in [5, 5.41) is 7.03. The fourth-order valence-electron chi connectivity index (χ4n) is 1.78. The first kappa shape index (κ1) is 14.8. The Morgan fingerprint density at radius 2 is 2.00 bits per heavy atom. The molecule has 0 fully saturated rings. The van der Waals surface area contributed by atoms with Gasteiger partial charge in [0.2, 0.25) is 0 Å². The molecule has 6 heteroatoms. The van der Waals surface area contributed by atoms with Gasteiger partial charge in [-0.25, -0.2) is 4.68 Å². The average Bonchev–Trinajstić information content (AvgIpc) is 2.86. The van der Waals surface area contributed by atoms with Crippen LogP contribution in [0.4, 0.5) is 5.82 Å². The molecule has 1 aromatic heterocycles. The van der Waals surface area contributed by atoms with E-state index in [9.17, 15) is 9.59 Å². The fourth-order valence-corrected chi connectivity index (χ4v) is 1.78. The number of anilines is 1. The number of carbonyl (C=O) groups is 2. The molecule has 0 aliphatic heterocycles. The molecule has 0 unspecified atom stereocenters. The number of aromatic nitrogens is 2. The van der Waals surface area contributed by atoms with Gasteiger partial charge < -0.3 is 10.1 Å². The van der Waals surface area contributed by atoms with Gasteiger partial charge in [-0.3, -0.25) is 9.59 Å². The van der Waals surface area contributed by atoms with Gasteiger partial charge in [-0.1, -0.05) is 25.1 Å². The Labute approximate surface area is 122 Å². The highest BCUT2D eigenvalue weighted by Gasteiger charge is 2.12. The molecule has 0 bridgehead atoms. The molecule has 1 heterocycles. The molecule has 0 saturated carbocycles. The van der Waals surface area contributed by atoms with Crippen molar-refractivity contribution in [2.45, 2.75) is 20.3 Å². The van der Waals surface area contributed by atoms with E-state index in [0.29, 0.717) is 5.82 Å². The summed E-state index contributed by atoms with van der Waals surface area (Å²) in [7, 11) is 0. The first-order chi connectivity index (χ1) is 10.1. The number of aryl methyl sites for hydroxylation is 1. The lowest BCUT2D eigenvalue weighted by atomic mass is 10.3. The number of benzene rings is 1. The minimum atomic E-state index is -0.405. The van der Waals surface area contributed by atoms with Crippen molar-refractivity contribution in [2.24, 2.45) is 0 Å². The molecule has 0 aliphatic rings. The number of rotatable bonds is 5. The van der Waals surface area contributed by atoms with E-state index in [1.165, 1.54) is 0 Å². The number of esters is 1. The van der Waals surface area contributed by atoms with Crippen molar-refractivity contribution in [1.82, 2.24) is 9.78 Å². The third-order valence-corrected chi connectivity index (χ3v) is 2.75. The summed E-state index contributed by atoms with van der Waals surface area (Å²) in [6.07, 6.45) is 0.244. The Morgan fingerprint density at radius 1 is 1.29 bits per heavy atom. The number of nitrogens with one attached hydrogen (secondary N) is 1. The predicted octanol–water partition coefficient (Wildman–Crippen LogP) is 2.07. The van der Waals surface area contributed by atoms with Gasteiger partial charge in [0.1, 0.15) is 5.82 Å². The summed E-state index contributed by atoms with van der Waals surface area (Å²) >= 11 is 0. The molecule has 1 aromatic carbocycles. The molecule has 1 N–H and O–H groups in total. The van der Waals surface area contributed by atoms with Crippen LogP contribution in [0, 0.1) is 6.92 Å². The smallest absolute Gasteiger partial charge is 0.306 e. The SMILES string of the molecule is CCC(=O)OCC(=O)Nc1cc(C)nn1-c1ccccc1. The van der Waals surface area contributed by atoms with Gasteiger partial charge in [-0.05, 0) is 19.1 Å². The summed E-state index contributed by atoms with van der Waals surface area (Å²) in [5.74, 6) is -0.261. The van der Waals surface area contributed by atoms with Gasteiger partial charge in [0.15, 0.2) is 6.61 Å². The maximum atomic E-state index is 11.8. The Hall–Kier alpha value is -2.63. The molecule has 21 heavy (non-hydrogen) atoms. The standard InChI is InChI=1S/C15H17N3O3/c1-3-15(20)21-10-14(19)16-13-9-11(2)17-18(13)12-7-5-4-6-8-12/h4-9H,3,10H2,1-2H3,(H,16,19). The lowest BCUT2D eigenvalue weighted by Crippen LogP contribution is -2.22. The molecule has 0 atom stereocenters. The zero-order valence-corrected chi connectivity index (χ0v) is 12.0. The minimum Gasteiger partial charge on any atom is -0.456 e. The van der Waals surface area contributed by atoms with E-state index in [1.807, 2.05) is 37.3 Å². The van der Waals surface area contributed by atoms with Crippen molar-refractivity contribution < 1.29 is 14.3 Å². The van der Waals surface area contributed by atoms with Crippen LogP contribution in [0.3, 0.4) is 0 Å². The van der Waals surface area contributed by atoms with Gasteiger partial charge in [-0.2, -0.15) is 5.10 Å². The van der Waals surface area contributed by atoms with Crippen molar-refractivity contribution in [3.63, 3.8) is 0 Å². The van der Waals surface area contributed by atoms with E-state index in [2.05, 4.69) is 10.4 Å². The number of nitrogens with zero attached hydrogens (tertiary/aromatic N) is 2. The molecule has 2 rings (SSSR count). The Bertz CT molecular complexity index is 635. The first-order valence-electron chi connectivity index (χ1n) is 6.67. The maximum absolute atomic E-state index is 11.8. The van der Waals surface area contributed by atoms with Crippen LogP contribution in [0.25, 0.3) is 5.69 Å². The van der Waals surface area contributed by atoms with Gasteiger partial charge >= 0.3 is 5.97 Å². The van der Waals surface area contributed by atoms with Crippen molar-refractivity contribution in [1.29, 1.82) is 0 Å². The predicted molar refractivity (Wildman–Crippen MR) is 78.2 cm³/mol. The summed E-state index contributed by atoms with van der Waals surface area (Å²) in [6.45, 7) is 3.21. The van der Waals surface area contributed by atoms with Crippen molar-refractivity contribution >= 4 is 17.7 Å². The first-order valence-corrected chi connectivity index (χ1v) is 6.67. The number of carbonyl (C=O) groups excluding carboxylic acids is 2. The van der Waals surface area contributed by atoms with Crippen LogP contribution in [0.1, 0.15) is 19.0 Å². The molecule has 1 amide bonds. The number of para-hydroxylation sites is 1. The van der Waals surface area contributed by atoms with Crippen molar-refractivity contribution in [3.8, 4) is 5.69 Å².